The summed E-state index contributed by atoms with van der Waals surface area (Å²) in [4.78, 5) is 0. The SMILES string of the molecule is Clc1cccc(OCc2c(-c3c(Cl)cccc3Cl)noc2C2CC2)c1Cl. The predicted octanol–water partition coefficient (Wildman–Crippen LogP) is 7.41. The van der Waals surface area contributed by atoms with Gasteiger partial charge in [0.25, 0.3) is 0 Å². The zero-order chi connectivity index (χ0) is 18.3. The fourth-order valence-electron chi connectivity index (χ4n) is 2.79. The summed E-state index contributed by atoms with van der Waals surface area (Å²) in [6, 6.07) is 10.6. The van der Waals surface area contributed by atoms with Crippen molar-refractivity contribution in [3.63, 3.8) is 0 Å². The van der Waals surface area contributed by atoms with Gasteiger partial charge in [0.05, 0.1) is 20.6 Å². The highest BCUT2D eigenvalue weighted by molar-refractivity contribution is 6.43. The minimum Gasteiger partial charge on any atom is -0.487 e. The third-order valence-electron chi connectivity index (χ3n) is 4.25. The zero-order valence-electron chi connectivity index (χ0n) is 13.4. The Labute approximate surface area is 170 Å². The lowest BCUT2D eigenvalue weighted by Crippen LogP contribution is -2.00. The molecule has 0 spiro atoms. The fourth-order valence-corrected chi connectivity index (χ4v) is 3.72. The first-order valence-electron chi connectivity index (χ1n) is 8.06. The molecule has 134 valence electrons. The van der Waals surface area contributed by atoms with Crippen molar-refractivity contribution in [3.8, 4) is 17.0 Å². The van der Waals surface area contributed by atoms with Gasteiger partial charge < -0.3 is 9.26 Å². The molecule has 1 saturated carbocycles. The third-order valence-corrected chi connectivity index (χ3v) is 5.69. The Morgan fingerprint density at radius 2 is 1.62 bits per heavy atom. The van der Waals surface area contributed by atoms with Crippen molar-refractivity contribution in [2.24, 2.45) is 0 Å². The number of benzene rings is 2. The van der Waals surface area contributed by atoms with Gasteiger partial charge in [-0.1, -0.05) is 63.7 Å². The lowest BCUT2D eigenvalue weighted by atomic mass is 10.0. The monoisotopic (exact) mass is 427 g/mol. The van der Waals surface area contributed by atoms with E-state index in [-0.39, 0.29) is 6.61 Å². The lowest BCUT2D eigenvalue weighted by Gasteiger charge is -2.11. The minimum atomic E-state index is 0.228. The fraction of sp³-hybridized carbons (Fsp3) is 0.211. The molecule has 26 heavy (non-hydrogen) atoms. The highest BCUT2D eigenvalue weighted by Crippen LogP contribution is 2.46. The van der Waals surface area contributed by atoms with E-state index in [1.165, 1.54) is 0 Å². The second-order valence-electron chi connectivity index (χ2n) is 6.09. The van der Waals surface area contributed by atoms with Gasteiger partial charge in [0, 0.05) is 11.5 Å². The Hall–Kier alpha value is -1.39. The van der Waals surface area contributed by atoms with Crippen molar-refractivity contribution in [2.45, 2.75) is 25.4 Å². The number of hydrogen-bond donors (Lipinski definition) is 0. The summed E-state index contributed by atoms with van der Waals surface area (Å²) >= 11 is 25.0. The van der Waals surface area contributed by atoms with Gasteiger partial charge in [0.2, 0.25) is 0 Å². The van der Waals surface area contributed by atoms with Crippen LogP contribution in [0.15, 0.2) is 40.9 Å². The summed E-state index contributed by atoms with van der Waals surface area (Å²) < 4.78 is 11.5. The summed E-state index contributed by atoms with van der Waals surface area (Å²) in [6.45, 7) is 0.228. The second-order valence-corrected chi connectivity index (χ2v) is 7.69. The van der Waals surface area contributed by atoms with Crippen molar-refractivity contribution < 1.29 is 9.26 Å². The van der Waals surface area contributed by atoms with Gasteiger partial charge in [-0.05, 0) is 37.1 Å². The molecule has 2 aromatic carbocycles. The average Bonchev–Trinajstić information content (AvgIpc) is 3.38. The molecule has 3 nitrogen and oxygen atoms in total. The standard InChI is InChI=1S/C19H13Cl4NO2/c20-12-3-1-4-13(21)16(12)18-11(19(26-24-18)10-7-8-10)9-25-15-6-2-5-14(22)17(15)23/h1-6,10H,7-9H2. The normalized spacial score (nSPS) is 13.8. The molecule has 7 heteroatoms. The Morgan fingerprint density at radius 3 is 2.31 bits per heavy atom. The second kappa shape index (κ2) is 7.32. The van der Waals surface area contributed by atoms with E-state index in [0.717, 1.165) is 24.2 Å². The number of rotatable bonds is 5. The summed E-state index contributed by atoms with van der Waals surface area (Å²) in [5.74, 6) is 1.67. The van der Waals surface area contributed by atoms with Crippen LogP contribution in [0.2, 0.25) is 20.1 Å². The number of nitrogens with zero attached hydrogens (tertiary/aromatic N) is 1. The Morgan fingerprint density at radius 1 is 0.962 bits per heavy atom. The summed E-state index contributed by atoms with van der Waals surface area (Å²) in [7, 11) is 0. The molecule has 0 N–H and O–H groups in total. The van der Waals surface area contributed by atoms with Crippen LogP contribution in [0.3, 0.4) is 0 Å². The van der Waals surface area contributed by atoms with Gasteiger partial charge in [-0.25, -0.2) is 0 Å². The van der Waals surface area contributed by atoms with Crippen LogP contribution in [0.25, 0.3) is 11.3 Å². The topological polar surface area (TPSA) is 35.3 Å². The van der Waals surface area contributed by atoms with Crippen molar-refractivity contribution in [1.29, 1.82) is 0 Å². The van der Waals surface area contributed by atoms with E-state index in [4.69, 9.17) is 55.7 Å². The molecule has 3 aromatic rings. The average molecular weight is 429 g/mol. The van der Waals surface area contributed by atoms with Crippen LogP contribution in [0.1, 0.15) is 30.1 Å². The molecule has 1 heterocycles. The quantitative estimate of drug-likeness (QED) is 0.424. The van der Waals surface area contributed by atoms with Crippen LogP contribution >= 0.6 is 46.4 Å². The summed E-state index contributed by atoms with van der Waals surface area (Å²) in [5, 5.41) is 6.07. The van der Waals surface area contributed by atoms with Crippen molar-refractivity contribution >= 4 is 46.4 Å². The predicted molar refractivity (Wildman–Crippen MR) is 105 cm³/mol. The highest BCUT2D eigenvalue weighted by Gasteiger charge is 2.33. The molecule has 0 bridgehead atoms. The van der Waals surface area contributed by atoms with Gasteiger partial charge >= 0.3 is 0 Å². The first kappa shape index (κ1) is 18.0. The molecular weight excluding hydrogens is 416 g/mol. The van der Waals surface area contributed by atoms with E-state index in [0.29, 0.717) is 43.0 Å². The first-order chi connectivity index (χ1) is 12.6. The van der Waals surface area contributed by atoms with E-state index in [1.54, 1.807) is 36.4 Å². The largest absolute Gasteiger partial charge is 0.487 e. The van der Waals surface area contributed by atoms with Crippen LogP contribution in [0, 0.1) is 0 Å². The summed E-state index contributed by atoms with van der Waals surface area (Å²) in [5.41, 5.74) is 2.07. The van der Waals surface area contributed by atoms with Gasteiger partial charge in [-0.15, -0.1) is 0 Å². The maximum atomic E-state index is 6.36. The van der Waals surface area contributed by atoms with Gasteiger partial charge in [0.15, 0.2) is 0 Å². The number of hydrogen-bond acceptors (Lipinski definition) is 3. The Kier molecular flexibility index (Phi) is 5.07. The number of aromatic nitrogens is 1. The molecule has 0 radical (unpaired) electrons. The van der Waals surface area contributed by atoms with Crippen molar-refractivity contribution in [3.05, 3.63) is 67.8 Å². The van der Waals surface area contributed by atoms with E-state index < -0.39 is 0 Å². The first-order valence-corrected chi connectivity index (χ1v) is 9.57. The van der Waals surface area contributed by atoms with E-state index in [9.17, 15) is 0 Å². The highest BCUT2D eigenvalue weighted by atomic mass is 35.5. The van der Waals surface area contributed by atoms with Gasteiger partial charge in [-0.2, -0.15) is 0 Å². The van der Waals surface area contributed by atoms with Crippen molar-refractivity contribution in [1.82, 2.24) is 5.16 Å². The molecule has 1 aliphatic rings. The molecule has 1 aliphatic carbocycles. The Bertz CT molecular complexity index is 946. The molecule has 1 fully saturated rings. The number of halogens is 4. The third kappa shape index (κ3) is 3.41. The molecule has 0 atom stereocenters. The molecule has 0 amide bonds. The van der Waals surface area contributed by atoms with E-state index >= 15 is 0 Å². The van der Waals surface area contributed by atoms with Crippen LogP contribution in [-0.4, -0.2) is 5.16 Å². The zero-order valence-corrected chi connectivity index (χ0v) is 16.5. The lowest BCUT2D eigenvalue weighted by molar-refractivity contribution is 0.300. The molecule has 0 unspecified atom stereocenters. The minimum absolute atomic E-state index is 0.228. The Balaban J connectivity index is 1.73. The van der Waals surface area contributed by atoms with Crippen LogP contribution < -0.4 is 4.74 Å². The maximum Gasteiger partial charge on any atom is 0.147 e. The molecular formula is C19H13Cl4NO2. The van der Waals surface area contributed by atoms with Crippen LogP contribution in [0.5, 0.6) is 5.75 Å². The molecule has 0 saturated heterocycles. The number of ether oxygens (including phenoxy) is 1. The van der Waals surface area contributed by atoms with Gasteiger partial charge in [-0.3, -0.25) is 0 Å². The van der Waals surface area contributed by atoms with Gasteiger partial charge in [0.1, 0.15) is 28.8 Å². The van der Waals surface area contributed by atoms with E-state index in [2.05, 4.69) is 5.16 Å². The molecule has 1 aromatic heterocycles. The smallest absolute Gasteiger partial charge is 0.147 e. The van der Waals surface area contributed by atoms with Crippen molar-refractivity contribution in [2.75, 3.05) is 0 Å². The van der Waals surface area contributed by atoms with Crippen LogP contribution in [-0.2, 0) is 6.61 Å². The summed E-state index contributed by atoms with van der Waals surface area (Å²) in [6.07, 6.45) is 2.13. The molecule has 4 rings (SSSR count). The van der Waals surface area contributed by atoms with Crippen LogP contribution in [0.4, 0.5) is 0 Å². The maximum absolute atomic E-state index is 6.36. The molecule has 0 aliphatic heterocycles. The van der Waals surface area contributed by atoms with E-state index in [1.807, 2.05) is 0 Å².